The molecule has 3 nitrogen and oxygen atoms in total. The molecule has 1 fully saturated rings. The average molecular weight is 241 g/mol. The molecule has 0 radical (unpaired) electrons. The predicted molar refractivity (Wildman–Crippen MR) is 69.9 cm³/mol. The maximum atomic E-state index is 11.8. The van der Waals surface area contributed by atoms with Gasteiger partial charge < -0.3 is 9.64 Å². The number of piperidine rings is 1. The average Bonchev–Trinajstić information content (AvgIpc) is 2.28. The zero-order valence-electron chi connectivity index (χ0n) is 11.8. The summed E-state index contributed by atoms with van der Waals surface area (Å²) in [7, 11) is 0. The van der Waals surface area contributed by atoms with E-state index in [0.29, 0.717) is 12.0 Å². The summed E-state index contributed by atoms with van der Waals surface area (Å²) >= 11 is 0. The zero-order chi connectivity index (χ0) is 12.9. The number of amides is 1. The van der Waals surface area contributed by atoms with Crippen LogP contribution in [-0.4, -0.2) is 37.1 Å². The Labute approximate surface area is 106 Å². The Morgan fingerprint density at radius 1 is 1.29 bits per heavy atom. The van der Waals surface area contributed by atoms with Crippen LogP contribution in [0.15, 0.2) is 0 Å². The summed E-state index contributed by atoms with van der Waals surface area (Å²) < 4.78 is 5.30. The summed E-state index contributed by atoms with van der Waals surface area (Å²) in [6, 6.07) is 0. The highest BCUT2D eigenvalue weighted by atomic mass is 16.5. The minimum Gasteiger partial charge on any atom is -0.372 e. The van der Waals surface area contributed by atoms with Gasteiger partial charge in [-0.25, -0.2) is 0 Å². The molecule has 1 saturated heterocycles. The van der Waals surface area contributed by atoms with Gasteiger partial charge in [-0.3, -0.25) is 4.79 Å². The first-order valence-electron chi connectivity index (χ1n) is 6.80. The number of carbonyl (C=O) groups excluding carboxylic acids is 1. The summed E-state index contributed by atoms with van der Waals surface area (Å²) in [6.45, 7) is 11.7. The number of rotatable bonds is 4. The molecular weight excluding hydrogens is 214 g/mol. The van der Waals surface area contributed by atoms with Crippen molar-refractivity contribution >= 4 is 5.91 Å². The van der Waals surface area contributed by atoms with Gasteiger partial charge in [0, 0.05) is 19.7 Å². The standard InChI is InChI=1S/C14H27NO2/c1-5-10-17-11-13(16)15-8-6-12(7-9-15)14(2,3)4/h12H,5-11H2,1-4H3. The molecule has 1 aliphatic rings. The molecule has 0 aromatic carbocycles. The van der Waals surface area contributed by atoms with Gasteiger partial charge in [0.2, 0.25) is 5.91 Å². The second-order valence-electron chi connectivity index (χ2n) is 6.07. The SMILES string of the molecule is CCCOCC(=O)N1CCC(C(C)(C)C)CC1. The summed E-state index contributed by atoms with van der Waals surface area (Å²) in [5.74, 6) is 0.897. The molecule has 0 bridgehead atoms. The maximum Gasteiger partial charge on any atom is 0.248 e. The van der Waals surface area contributed by atoms with Crippen LogP contribution in [0, 0.1) is 11.3 Å². The Kier molecular flexibility index (Phi) is 5.44. The van der Waals surface area contributed by atoms with Gasteiger partial charge in [0.15, 0.2) is 0 Å². The van der Waals surface area contributed by atoms with E-state index >= 15 is 0 Å². The normalized spacial score (nSPS) is 18.5. The third-order valence-electron chi connectivity index (χ3n) is 3.65. The molecule has 1 aliphatic heterocycles. The first-order chi connectivity index (χ1) is 7.95. The minimum absolute atomic E-state index is 0.158. The zero-order valence-corrected chi connectivity index (χ0v) is 11.8. The molecule has 3 heteroatoms. The Morgan fingerprint density at radius 2 is 1.88 bits per heavy atom. The lowest BCUT2D eigenvalue weighted by molar-refractivity contribution is -0.138. The smallest absolute Gasteiger partial charge is 0.248 e. The van der Waals surface area contributed by atoms with Gasteiger partial charge in [-0.2, -0.15) is 0 Å². The van der Waals surface area contributed by atoms with E-state index < -0.39 is 0 Å². The number of hydrogen-bond acceptors (Lipinski definition) is 2. The quantitative estimate of drug-likeness (QED) is 0.708. The molecule has 0 aromatic heterocycles. The molecule has 0 unspecified atom stereocenters. The first-order valence-corrected chi connectivity index (χ1v) is 6.80. The number of likely N-dealkylation sites (tertiary alicyclic amines) is 1. The molecule has 0 N–H and O–H groups in total. The molecule has 1 heterocycles. The molecule has 100 valence electrons. The topological polar surface area (TPSA) is 29.5 Å². The van der Waals surface area contributed by atoms with Gasteiger partial charge in [0.1, 0.15) is 6.61 Å². The lowest BCUT2D eigenvalue weighted by Gasteiger charge is -2.38. The van der Waals surface area contributed by atoms with Crippen molar-refractivity contribution in [1.82, 2.24) is 4.90 Å². The van der Waals surface area contributed by atoms with Crippen molar-refractivity contribution in [3.05, 3.63) is 0 Å². The van der Waals surface area contributed by atoms with Gasteiger partial charge >= 0.3 is 0 Å². The molecular formula is C14H27NO2. The van der Waals surface area contributed by atoms with E-state index in [1.165, 1.54) is 0 Å². The number of ether oxygens (including phenoxy) is 1. The molecule has 0 aliphatic carbocycles. The van der Waals surface area contributed by atoms with E-state index in [0.717, 1.165) is 38.3 Å². The molecule has 0 aromatic rings. The van der Waals surface area contributed by atoms with E-state index in [2.05, 4.69) is 27.7 Å². The van der Waals surface area contributed by atoms with Crippen molar-refractivity contribution in [2.24, 2.45) is 11.3 Å². The molecule has 0 saturated carbocycles. The fraction of sp³-hybridized carbons (Fsp3) is 0.929. The van der Waals surface area contributed by atoms with Crippen molar-refractivity contribution in [1.29, 1.82) is 0 Å². The Bertz CT molecular complexity index is 237. The van der Waals surface area contributed by atoms with Crippen molar-refractivity contribution in [2.75, 3.05) is 26.3 Å². The third kappa shape index (κ3) is 4.66. The van der Waals surface area contributed by atoms with E-state index in [-0.39, 0.29) is 12.5 Å². The van der Waals surface area contributed by atoms with Crippen molar-refractivity contribution in [3.63, 3.8) is 0 Å². The van der Waals surface area contributed by atoms with E-state index in [9.17, 15) is 4.79 Å². The fourth-order valence-corrected chi connectivity index (χ4v) is 2.39. The molecule has 17 heavy (non-hydrogen) atoms. The van der Waals surface area contributed by atoms with Crippen LogP contribution in [-0.2, 0) is 9.53 Å². The lowest BCUT2D eigenvalue weighted by atomic mass is 9.75. The summed E-state index contributed by atoms with van der Waals surface area (Å²) in [4.78, 5) is 13.8. The number of carbonyl (C=O) groups is 1. The second-order valence-corrected chi connectivity index (χ2v) is 6.07. The van der Waals surface area contributed by atoms with Crippen LogP contribution >= 0.6 is 0 Å². The summed E-state index contributed by atoms with van der Waals surface area (Å²) in [6.07, 6.45) is 3.23. The van der Waals surface area contributed by atoms with E-state index in [1.807, 2.05) is 4.90 Å². The van der Waals surface area contributed by atoms with Crippen LogP contribution in [0.3, 0.4) is 0 Å². The molecule has 1 amide bonds. The Morgan fingerprint density at radius 3 is 2.35 bits per heavy atom. The van der Waals surface area contributed by atoms with Crippen molar-refractivity contribution in [3.8, 4) is 0 Å². The molecule has 0 spiro atoms. The van der Waals surface area contributed by atoms with Crippen LogP contribution in [0.25, 0.3) is 0 Å². The summed E-state index contributed by atoms with van der Waals surface area (Å²) in [5.41, 5.74) is 0.369. The van der Waals surface area contributed by atoms with Gasteiger partial charge in [-0.05, 0) is 30.6 Å². The van der Waals surface area contributed by atoms with Crippen molar-refractivity contribution in [2.45, 2.75) is 47.0 Å². The minimum atomic E-state index is 0.158. The van der Waals surface area contributed by atoms with Gasteiger partial charge in [0.05, 0.1) is 0 Å². The van der Waals surface area contributed by atoms with Gasteiger partial charge in [-0.15, -0.1) is 0 Å². The largest absolute Gasteiger partial charge is 0.372 e. The third-order valence-corrected chi connectivity index (χ3v) is 3.65. The van der Waals surface area contributed by atoms with Crippen LogP contribution < -0.4 is 0 Å². The highest BCUT2D eigenvalue weighted by Crippen LogP contribution is 2.34. The van der Waals surface area contributed by atoms with Gasteiger partial charge in [0.25, 0.3) is 0 Å². The van der Waals surface area contributed by atoms with Crippen LogP contribution in [0.5, 0.6) is 0 Å². The second kappa shape index (κ2) is 6.39. The molecule has 1 rings (SSSR count). The predicted octanol–water partition coefficient (Wildman–Crippen LogP) is 2.70. The monoisotopic (exact) mass is 241 g/mol. The highest BCUT2D eigenvalue weighted by Gasteiger charge is 2.30. The van der Waals surface area contributed by atoms with Gasteiger partial charge in [-0.1, -0.05) is 27.7 Å². The Balaban J connectivity index is 2.29. The Hall–Kier alpha value is -0.570. The number of hydrogen-bond donors (Lipinski definition) is 0. The summed E-state index contributed by atoms with van der Waals surface area (Å²) in [5, 5.41) is 0. The van der Waals surface area contributed by atoms with E-state index in [1.54, 1.807) is 0 Å². The maximum absolute atomic E-state index is 11.8. The number of nitrogens with zero attached hydrogens (tertiary/aromatic N) is 1. The van der Waals surface area contributed by atoms with E-state index in [4.69, 9.17) is 4.74 Å². The highest BCUT2D eigenvalue weighted by molar-refractivity contribution is 5.77. The van der Waals surface area contributed by atoms with Crippen molar-refractivity contribution < 1.29 is 9.53 Å². The van der Waals surface area contributed by atoms with Crippen LogP contribution in [0.4, 0.5) is 0 Å². The molecule has 0 atom stereocenters. The van der Waals surface area contributed by atoms with Crippen LogP contribution in [0.2, 0.25) is 0 Å². The first kappa shape index (κ1) is 14.5. The lowest BCUT2D eigenvalue weighted by Crippen LogP contribution is -2.42. The van der Waals surface area contributed by atoms with Crippen LogP contribution in [0.1, 0.15) is 47.0 Å². The fourth-order valence-electron chi connectivity index (χ4n) is 2.39.